The van der Waals surface area contributed by atoms with Crippen LogP contribution in [0.4, 0.5) is 0 Å². The zero-order valence-electron chi connectivity index (χ0n) is 11.7. The number of aliphatic hydroxyl groups excluding tert-OH is 1. The molecular formula is C15H16N4OS. The minimum absolute atomic E-state index is 0.146. The number of aromatic nitrogens is 4. The molecule has 0 amide bonds. The maximum atomic E-state index is 9.30. The van der Waals surface area contributed by atoms with Crippen molar-refractivity contribution in [3.8, 4) is 5.69 Å². The molecular weight excluding hydrogens is 284 g/mol. The highest BCUT2D eigenvalue weighted by Gasteiger charge is 2.13. The van der Waals surface area contributed by atoms with Gasteiger partial charge in [-0.05, 0) is 25.0 Å². The quantitative estimate of drug-likeness (QED) is 0.785. The summed E-state index contributed by atoms with van der Waals surface area (Å²) < 4.78 is 1.84. The lowest BCUT2D eigenvalue weighted by Gasteiger charge is -2.08. The fourth-order valence-corrected chi connectivity index (χ4v) is 2.81. The Bertz CT molecular complexity index is 721. The normalized spacial score (nSPS) is 11.0. The summed E-state index contributed by atoms with van der Waals surface area (Å²) in [6.07, 6.45) is 3.52. The Labute approximate surface area is 126 Å². The first-order chi connectivity index (χ1) is 10.3. The van der Waals surface area contributed by atoms with E-state index in [0.29, 0.717) is 5.82 Å². The first-order valence-electron chi connectivity index (χ1n) is 6.77. The molecule has 0 spiro atoms. The first kappa shape index (κ1) is 13.9. The third kappa shape index (κ3) is 3.01. The van der Waals surface area contributed by atoms with E-state index < -0.39 is 0 Å². The summed E-state index contributed by atoms with van der Waals surface area (Å²) in [5.41, 5.74) is 3.97. The van der Waals surface area contributed by atoms with Crippen LogP contribution in [-0.2, 0) is 19.4 Å². The number of hydrogen-bond donors (Lipinski definition) is 1. The van der Waals surface area contributed by atoms with Gasteiger partial charge >= 0.3 is 0 Å². The molecule has 5 nitrogen and oxygen atoms in total. The Kier molecular flexibility index (Phi) is 4.08. The summed E-state index contributed by atoms with van der Waals surface area (Å²) in [5.74, 6) is 1.32. The third-order valence-corrected chi connectivity index (χ3v) is 4.12. The lowest BCUT2D eigenvalue weighted by Crippen LogP contribution is -2.06. The predicted molar refractivity (Wildman–Crippen MR) is 81.5 cm³/mol. The fraction of sp³-hybridized carbons (Fsp3) is 0.267. The highest BCUT2D eigenvalue weighted by atomic mass is 32.1. The van der Waals surface area contributed by atoms with Crippen molar-refractivity contribution in [1.82, 2.24) is 19.7 Å². The van der Waals surface area contributed by atoms with Gasteiger partial charge in [0.05, 0.1) is 11.2 Å². The fourth-order valence-electron chi connectivity index (χ4n) is 2.22. The molecule has 0 atom stereocenters. The van der Waals surface area contributed by atoms with E-state index in [9.17, 15) is 5.11 Å². The first-order valence-corrected chi connectivity index (χ1v) is 7.65. The second-order valence-corrected chi connectivity index (χ2v) is 5.74. The lowest BCUT2D eigenvalue weighted by atomic mass is 10.2. The Balaban J connectivity index is 1.92. The zero-order valence-corrected chi connectivity index (χ0v) is 12.5. The molecule has 0 saturated carbocycles. The molecule has 0 bridgehead atoms. The van der Waals surface area contributed by atoms with Gasteiger partial charge in [0, 0.05) is 17.5 Å². The maximum absolute atomic E-state index is 9.30. The van der Waals surface area contributed by atoms with E-state index in [4.69, 9.17) is 0 Å². The number of aliphatic hydroxyl groups is 1. The summed E-state index contributed by atoms with van der Waals surface area (Å²) >= 11 is 1.64. The molecule has 3 aromatic rings. The minimum atomic E-state index is -0.146. The Morgan fingerprint density at radius 2 is 2.10 bits per heavy atom. The van der Waals surface area contributed by atoms with Gasteiger partial charge in [0.15, 0.2) is 5.82 Å². The highest BCUT2D eigenvalue weighted by molar-refractivity contribution is 7.09. The Morgan fingerprint density at radius 1 is 1.24 bits per heavy atom. The Hall–Kier alpha value is -2.05. The number of nitrogens with zero attached hydrogens (tertiary/aromatic N) is 4. The van der Waals surface area contributed by atoms with Gasteiger partial charge in [0.2, 0.25) is 0 Å². The van der Waals surface area contributed by atoms with Crippen LogP contribution in [-0.4, -0.2) is 24.9 Å². The van der Waals surface area contributed by atoms with Gasteiger partial charge in [-0.1, -0.05) is 18.2 Å². The highest BCUT2D eigenvalue weighted by Crippen LogP contribution is 2.17. The van der Waals surface area contributed by atoms with Crippen molar-refractivity contribution in [2.24, 2.45) is 0 Å². The molecule has 0 aliphatic rings. The average molecular weight is 300 g/mol. The van der Waals surface area contributed by atoms with Crippen LogP contribution in [0.3, 0.4) is 0 Å². The molecule has 0 aliphatic heterocycles. The van der Waals surface area contributed by atoms with Crippen LogP contribution in [0.15, 0.2) is 36.0 Å². The van der Waals surface area contributed by atoms with E-state index in [2.05, 4.69) is 15.1 Å². The molecule has 2 heterocycles. The van der Waals surface area contributed by atoms with Crippen molar-refractivity contribution in [2.45, 2.75) is 26.4 Å². The summed E-state index contributed by atoms with van der Waals surface area (Å²) in [4.78, 5) is 9.74. The van der Waals surface area contributed by atoms with Crippen LogP contribution in [0.25, 0.3) is 5.69 Å². The van der Waals surface area contributed by atoms with Crippen molar-refractivity contribution in [2.75, 3.05) is 0 Å². The molecule has 0 saturated heterocycles. The van der Waals surface area contributed by atoms with Gasteiger partial charge < -0.3 is 5.11 Å². The predicted octanol–water partition coefficient (Wildman–Crippen LogP) is 2.31. The molecule has 21 heavy (non-hydrogen) atoms. The number of para-hydroxylation sites is 1. The van der Waals surface area contributed by atoms with Crippen molar-refractivity contribution in [3.05, 3.63) is 58.1 Å². The summed E-state index contributed by atoms with van der Waals surface area (Å²) in [6, 6.07) is 8.04. The standard InChI is InChI=1S/C15H16N4OS/c1-11-4-2-3-5-13(11)19-15(17-14(9-20)18-19)7-6-12-8-16-10-21-12/h2-5,8,10,20H,6-7,9H2,1H3. The van der Waals surface area contributed by atoms with E-state index in [1.54, 1.807) is 11.3 Å². The Morgan fingerprint density at radius 3 is 2.81 bits per heavy atom. The second kappa shape index (κ2) is 6.15. The van der Waals surface area contributed by atoms with Crippen LogP contribution in [0, 0.1) is 6.92 Å². The van der Waals surface area contributed by atoms with Crippen molar-refractivity contribution in [3.63, 3.8) is 0 Å². The number of thiazole rings is 1. The molecule has 0 radical (unpaired) electrons. The molecule has 108 valence electrons. The molecule has 1 aromatic carbocycles. The number of aryl methyl sites for hydroxylation is 3. The van der Waals surface area contributed by atoms with E-state index in [-0.39, 0.29) is 6.61 Å². The summed E-state index contributed by atoms with van der Waals surface area (Å²) in [7, 11) is 0. The van der Waals surface area contributed by atoms with Crippen LogP contribution in [0.1, 0.15) is 22.1 Å². The van der Waals surface area contributed by atoms with Crippen molar-refractivity contribution in [1.29, 1.82) is 0 Å². The van der Waals surface area contributed by atoms with Crippen LogP contribution in [0.5, 0.6) is 0 Å². The SMILES string of the molecule is Cc1ccccc1-n1nc(CO)nc1CCc1cncs1. The third-order valence-electron chi connectivity index (χ3n) is 3.28. The van der Waals surface area contributed by atoms with Crippen LogP contribution < -0.4 is 0 Å². The molecule has 1 N–H and O–H groups in total. The van der Waals surface area contributed by atoms with Gasteiger partial charge in [-0.3, -0.25) is 4.98 Å². The van der Waals surface area contributed by atoms with Gasteiger partial charge in [-0.15, -0.1) is 16.4 Å². The smallest absolute Gasteiger partial charge is 0.176 e. The summed E-state index contributed by atoms with van der Waals surface area (Å²) in [5, 5.41) is 13.7. The van der Waals surface area contributed by atoms with E-state index in [1.807, 2.05) is 47.6 Å². The largest absolute Gasteiger partial charge is 0.388 e. The zero-order chi connectivity index (χ0) is 14.7. The molecule has 0 aliphatic carbocycles. The molecule has 0 fully saturated rings. The minimum Gasteiger partial charge on any atom is -0.388 e. The van der Waals surface area contributed by atoms with E-state index in [0.717, 1.165) is 29.9 Å². The van der Waals surface area contributed by atoms with Gasteiger partial charge in [-0.25, -0.2) is 9.67 Å². The van der Waals surface area contributed by atoms with E-state index in [1.165, 1.54) is 4.88 Å². The van der Waals surface area contributed by atoms with Gasteiger partial charge in [-0.2, -0.15) is 0 Å². The second-order valence-electron chi connectivity index (χ2n) is 4.77. The van der Waals surface area contributed by atoms with Crippen LogP contribution in [0.2, 0.25) is 0 Å². The van der Waals surface area contributed by atoms with Crippen molar-refractivity contribution < 1.29 is 5.11 Å². The monoisotopic (exact) mass is 300 g/mol. The average Bonchev–Trinajstić information content (AvgIpc) is 3.15. The molecule has 2 aromatic heterocycles. The molecule has 6 heteroatoms. The number of rotatable bonds is 5. The summed E-state index contributed by atoms with van der Waals surface area (Å²) in [6.45, 7) is 1.90. The topological polar surface area (TPSA) is 63.8 Å². The van der Waals surface area contributed by atoms with E-state index >= 15 is 0 Å². The molecule has 3 rings (SSSR count). The van der Waals surface area contributed by atoms with Gasteiger partial charge in [0.25, 0.3) is 0 Å². The van der Waals surface area contributed by atoms with Crippen LogP contribution >= 0.6 is 11.3 Å². The van der Waals surface area contributed by atoms with Crippen molar-refractivity contribution >= 4 is 11.3 Å². The lowest BCUT2D eigenvalue weighted by molar-refractivity contribution is 0.271. The number of hydrogen-bond acceptors (Lipinski definition) is 5. The molecule has 0 unspecified atom stereocenters. The van der Waals surface area contributed by atoms with Gasteiger partial charge in [0.1, 0.15) is 12.4 Å². The maximum Gasteiger partial charge on any atom is 0.176 e. The number of benzene rings is 1.